The maximum atomic E-state index is 13.6. The number of benzene rings is 1. The molecule has 0 aliphatic carbocycles. The van der Waals surface area contributed by atoms with Gasteiger partial charge in [0.2, 0.25) is 0 Å². The number of hydrogen-bond acceptors (Lipinski definition) is 3. The molecule has 2 rings (SSSR count). The topological polar surface area (TPSA) is 68.0 Å². The van der Waals surface area contributed by atoms with Gasteiger partial charge < -0.3 is 5.11 Å². The van der Waals surface area contributed by atoms with E-state index < -0.39 is 17.7 Å². The van der Waals surface area contributed by atoms with E-state index in [1.165, 1.54) is 29.2 Å². The zero-order valence-corrected chi connectivity index (χ0v) is 9.04. The number of hydrogen-bond donors (Lipinski definition) is 1. The highest BCUT2D eigenvalue weighted by Crippen LogP contribution is 2.24. The number of aromatic nitrogens is 3. The molecule has 2 aromatic rings. The van der Waals surface area contributed by atoms with Gasteiger partial charge in [0, 0.05) is 12.6 Å². The Bertz CT molecular complexity index is 553. The Labute approximate surface area is 96.5 Å². The molecule has 0 saturated heterocycles. The van der Waals surface area contributed by atoms with Crippen LogP contribution in [0, 0.1) is 5.82 Å². The SMILES string of the molecule is Cn1ncnc1C(C(=O)O)c1ccccc1F. The van der Waals surface area contributed by atoms with Crippen molar-refractivity contribution in [2.24, 2.45) is 7.05 Å². The predicted octanol–water partition coefficient (Wildman–Crippen LogP) is 1.17. The fourth-order valence-corrected chi connectivity index (χ4v) is 1.66. The van der Waals surface area contributed by atoms with Gasteiger partial charge in [-0.05, 0) is 6.07 Å². The Morgan fingerprint density at radius 1 is 1.47 bits per heavy atom. The molecule has 17 heavy (non-hydrogen) atoms. The Hall–Kier alpha value is -2.24. The van der Waals surface area contributed by atoms with E-state index >= 15 is 0 Å². The number of carboxylic acid groups (broad SMARTS) is 1. The predicted molar refractivity (Wildman–Crippen MR) is 56.9 cm³/mol. The molecular formula is C11H10FN3O2. The van der Waals surface area contributed by atoms with Gasteiger partial charge in [-0.25, -0.2) is 9.37 Å². The van der Waals surface area contributed by atoms with Crippen molar-refractivity contribution >= 4 is 5.97 Å². The second-order valence-electron chi connectivity index (χ2n) is 3.53. The fraction of sp³-hybridized carbons (Fsp3) is 0.182. The van der Waals surface area contributed by atoms with E-state index in [0.29, 0.717) is 0 Å². The largest absolute Gasteiger partial charge is 0.480 e. The molecule has 1 N–H and O–H groups in total. The molecule has 1 unspecified atom stereocenters. The molecule has 0 bridgehead atoms. The first-order valence-corrected chi connectivity index (χ1v) is 4.92. The van der Waals surface area contributed by atoms with Crippen LogP contribution in [-0.4, -0.2) is 25.8 Å². The molecule has 0 fully saturated rings. The van der Waals surface area contributed by atoms with Gasteiger partial charge >= 0.3 is 5.97 Å². The molecule has 0 spiro atoms. The van der Waals surface area contributed by atoms with E-state index in [2.05, 4.69) is 10.1 Å². The molecule has 6 heteroatoms. The average molecular weight is 235 g/mol. The van der Waals surface area contributed by atoms with Crippen molar-refractivity contribution in [1.29, 1.82) is 0 Å². The van der Waals surface area contributed by atoms with Crippen LogP contribution in [0.1, 0.15) is 17.3 Å². The van der Waals surface area contributed by atoms with Crippen LogP contribution in [0.3, 0.4) is 0 Å². The van der Waals surface area contributed by atoms with Gasteiger partial charge in [0.25, 0.3) is 0 Å². The molecule has 88 valence electrons. The van der Waals surface area contributed by atoms with E-state index in [1.54, 1.807) is 13.1 Å². The van der Waals surface area contributed by atoms with Crippen LogP contribution in [0.25, 0.3) is 0 Å². The van der Waals surface area contributed by atoms with Crippen LogP contribution >= 0.6 is 0 Å². The summed E-state index contributed by atoms with van der Waals surface area (Å²) in [6.07, 6.45) is 1.24. The zero-order valence-electron chi connectivity index (χ0n) is 9.04. The molecule has 0 aliphatic heterocycles. The van der Waals surface area contributed by atoms with Crippen LogP contribution in [0.4, 0.5) is 4.39 Å². The number of carboxylic acids is 1. The molecule has 1 heterocycles. The van der Waals surface area contributed by atoms with Crippen LogP contribution in [0.5, 0.6) is 0 Å². The number of carbonyl (C=O) groups is 1. The molecule has 0 aliphatic rings. The standard InChI is InChI=1S/C11H10FN3O2/c1-15-10(13-6-14-15)9(11(16)17)7-4-2-3-5-8(7)12/h2-6,9H,1H3,(H,16,17). The lowest BCUT2D eigenvalue weighted by Crippen LogP contribution is -2.19. The minimum absolute atomic E-state index is 0.0797. The van der Waals surface area contributed by atoms with Gasteiger partial charge in [0.1, 0.15) is 23.9 Å². The van der Waals surface area contributed by atoms with E-state index in [9.17, 15) is 14.3 Å². The van der Waals surface area contributed by atoms with Crippen molar-refractivity contribution in [2.75, 3.05) is 0 Å². The lowest BCUT2D eigenvalue weighted by Gasteiger charge is -2.12. The van der Waals surface area contributed by atoms with Crippen molar-refractivity contribution in [2.45, 2.75) is 5.92 Å². The highest BCUT2D eigenvalue weighted by Gasteiger charge is 2.28. The van der Waals surface area contributed by atoms with Crippen molar-refractivity contribution in [3.8, 4) is 0 Å². The Morgan fingerprint density at radius 2 is 2.18 bits per heavy atom. The number of halogens is 1. The second-order valence-corrected chi connectivity index (χ2v) is 3.53. The van der Waals surface area contributed by atoms with Crippen molar-refractivity contribution in [1.82, 2.24) is 14.8 Å². The first-order valence-electron chi connectivity index (χ1n) is 4.92. The number of rotatable bonds is 3. The molecule has 1 aromatic carbocycles. The minimum atomic E-state index is -1.16. The highest BCUT2D eigenvalue weighted by molar-refractivity contribution is 5.79. The highest BCUT2D eigenvalue weighted by atomic mass is 19.1. The lowest BCUT2D eigenvalue weighted by molar-refractivity contribution is -0.138. The second kappa shape index (κ2) is 4.32. The molecule has 0 saturated carbocycles. The molecule has 5 nitrogen and oxygen atoms in total. The molecular weight excluding hydrogens is 225 g/mol. The Kier molecular flexibility index (Phi) is 2.86. The summed E-state index contributed by atoms with van der Waals surface area (Å²) < 4.78 is 14.9. The van der Waals surface area contributed by atoms with Crippen LogP contribution in [0.2, 0.25) is 0 Å². The number of aliphatic carboxylic acids is 1. The van der Waals surface area contributed by atoms with Crippen LogP contribution in [0.15, 0.2) is 30.6 Å². The first kappa shape index (κ1) is 11.3. The minimum Gasteiger partial charge on any atom is -0.480 e. The Morgan fingerprint density at radius 3 is 2.71 bits per heavy atom. The van der Waals surface area contributed by atoms with E-state index in [4.69, 9.17) is 0 Å². The first-order chi connectivity index (χ1) is 8.11. The molecule has 1 aromatic heterocycles. The number of nitrogens with zero attached hydrogens (tertiary/aromatic N) is 3. The molecule has 0 amide bonds. The van der Waals surface area contributed by atoms with E-state index in [0.717, 1.165) is 0 Å². The van der Waals surface area contributed by atoms with Crippen molar-refractivity contribution in [3.63, 3.8) is 0 Å². The smallest absolute Gasteiger partial charge is 0.318 e. The van der Waals surface area contributed by atoms with E-state index in [1.807, 2.05) is 0 Å². The quantitative estimate of drug-likeness (QED) is 0.867. The number of aryl methyl sites for hydroxylation is 1. The maximum Gasteiger partial charge on any atom is 0.318 e. The molecule has 0 radical (unpaired) electrons. The summed E-state index contributed by atoms with van der Waals surface area (Å²) >= 11 is 0. The van der Waals surface area contributed by atoms with Gasteiger partial charge in [-0.3, -0.25) is 9.48 Å². The summed E-state index contributed by atoms with van der Waals surface area (Å²) in [4.78, 5) is 15.1. The van der Waals surface area contributed by atoms with Gasteiger partial charge in [-0.1, -0.05) is 18.2 Å². The van der Waals surface area contributed by atoms with Gasteiger partial charge in [0.05, 0.1) is 0 Å². The Balaban J connectivity index is 2.55. The normalized spacial score (nSPS) is 12.4. The summed E-state index contributed by atoms with van der Waals surface area (Å²) in [7, 11) is 1.57. The van der Waals surface area contributed by atoms with E-state index in [-0.39, 0.29) is 11.4 Å². The molecule has 1 atom stereocenters. The van der Waals surface area contributed by atoms with Crippen molar-refractivity contribution < 1.29 is 14.3 Å². The fourth-order valence-electron chi connectivity index (χ4n) is 1.66. The van der Waals surface area contributed by atoms with Crippen LogP contribution < -0.4 is 0 Å². The summed E-state index contributed by atoms with van der Waals surface area (Å²) in [5.74, 6) is -2.68. The van der Waals surface area contributed by atoms with Gasteiger partial charge in [-0.15, -0.1) is 0 Å². The average Bonchev–Trinajstić information content (AvgIpc) is 2.68. The monoisotopic (exact) mass is 235 g/mol. The third-order valence-electron chi connectivity index (χ3n) is 2.47. The summed E-state index contributed by atoms with van der Waals surface area (Å²) in [6, 6.07) is 5.75. The maximum absolute atomic E-state index is 13.6. The van der Waals surface area contributed by atoms with Gasteiger partial charge in [0.15, 0.2) is 0 Å². The zero-order chi connectivity index (χ0) is 12.4. The lowest BCUT2D eigenvalue weighted by atomic mass is 9.98. The summed E-state index contributed by atoms with van der Waals surface area (Å²) in [6.45, 7) is 0. The van der Waals surface area contributed by atoms with Crippen molar-refractivity contribution in [3.05, 3.63) is 47.8 Å². The van der Waals surface area contributed by atoms with Gasteiger partial charge in [-0.2, -0.15) is 5.10 Å². The van der Waals surface area contributed by atoms with Crippen LogP contribution in [-0.2, 0) is 11.8 Å². The third-order valence-corrected chi connectivity index (χ3v) is 2.47. The summed E-state index contributed by atoms with van der Waals surface area (Å²) in [5, 5.41) is 13.0. The summed E-state index contributed by atoms with van der Waals surface area (Å²) in [5.41, 5.74) is 0.0797. The third kappa shape index (κ3) is 2.01.